The molecule has 1 rings (SSSR count). The zero-order chi connectivity index (χ0) is 11.4. The first kappa shape index (κ1) is 11.7. The Balaban J connectivity index is 2.80. The van der Waals surface area contributed by atoms with Crippen molar-refractivity contribution >= 4 is 5.69 Å². The lowest BCUT2D eigenvalue weighted by atomic mass is 10.1. The van der Waals surface area contributed by atoms with Gasteiger partial charge in [-0.2, -0.15) is 0 Å². The number of anilines is 1. The van der Waals surface area contributed by atoms with E-state index < -0.39 is 0 Å². The zero-order valence-electron chi connectivity index (χ0n) is 9.78. The number of ether oxygens (including phenoxy) is 2. The van der Waals surface area contributed by atoms with E-state index in [0.717, 1.165) is 11.5 Å². The van der Waals surface area contributed by atoms with Gasteiger partial charge in [0.25, 0.3) is 0 Å². The van der Waals surface area contributed by atoms with Crippen molar-refractivity contribution < 1.29 is 9.47 Å². The highest BCUT2D eigenvalue weighted by molar-refractivity contribution is 5.50. The van der Waals surface area contributed by atoms with E-state index in [1.54, 1.807) is 19.2 Å². The van der Waals surface area contributed by atoms with Crippen LogP contribution in [0.25, 0.3) is 0 Å². The molecule has 0 saturated heterocycles. The van der Waals surface area contributed by atoms with Gasteiger partial charge in [0.1, 0.15) is 11.5 Å². The average Bonchev–Trinajstić information content (AvgIpc) is 2.16. The van der Waals surface area contributed by atoms with Crippen LogP contribution in [0.2, 0.25) is 0 Å². The third-order valence-corrected chi connectivity index (χ3v) is 2.40. The van der Waals surface area contributed by atoms with Gasteiger partial charge < -0.3 is 15.2 Å². The molecular formula is C12H19NO2. The summed E-state index contributed by atoms with van der Waals surface area (Å²) >= 11 is 0. The Kier molecular flexibility index (Phi) is 3.83. The van der Waals surface area contributed by atoms with Crippen LogP contribution in [0.1, 0.15) is 20.8 Å². The summed E-state index contributed by atoms with van der Waals surface area (Å²) in [5, 5.41) is 0. The van der Waals surface area contributed by atoms with Crippen LogP contribution in [0.15, 0.2) is 18.2 Å². The number of benzene rings is 1. The minimum absolute atomic E-state index is 0.163. The fourth-order valence-corrected chi connectivity index (χ4v) is 1.13. The van der Waals surface area contributed by atoms with Crippen molar-refractivity contribution in [2.24, 2.45) is 5.92 Å². The lowest BCUT2D eigenvalue weighted by Gasteiger charge is -2.18. The Hall–Kier alpha value is -1.38. The minimum Gasteiger partial charge on any atom is -0.497 e. The van der Waals surface area contributed by atoms with Gasteiger partial charge in [0, 0.05) is 23.9 Å². The minimum atomic E-state index is 0.163. The first-order valence-electron chi connectivity index (χ1n) is 5.14. The topological polar surface area (TPSA) is 44.5 Å². The van der Waals surface area contributed by atoms with Gasteiger partial charge in [-0.05, 0) is 12.8 Å². The van der Waals surface area contributed by atoms with E-state index in [-0.39, 0.29) is 6.10 Å². The molecule has 0 aliphatic carbocycles. The normalized spacial score (nSPS) is 12.6. The molecule has 3 heteroatoms. The van der Waals surface area contributed by atoms with Gasteiger partial charge in [0.2, 0.25) is 0 Å². The van der Waals surface area contributed by atoms with Crippen LogP contribution in [0, 0.1) is 5.92 Å². The quantitative estimate of drug-likeness (QED) is 0.775. The van der Waals surface area contributed by atoms with Crippen molar-refractivity contribution in [1.82, 2.24) is 0 Å². The van der Waals surface area contributed by atoms with Crippen molar-refractivity contribution in [3.05, 3.63) is 18.2 Å². The SMILES string of the molecule is COc1cc(N)cc(OC(C)C(C)C)c1. The highest BCUT2D eigenvalue weighted by atomic mass is 16.5. The number of hydrogen-bond acceptors (Lipinski definition) is 3. The first-order valence-corrected chi connectivity index (χ1v) is 5.14. The van der Waals surface area contributed by atoms with E-state index in [9.17, 15) is 0 Å². The molecule has 3 nitrogen and oxygen atoms in total. The molecule has 0 saturated carbocycles. The second-order valence-corrected chi connectivity index (χ2v) is 4.01. The number of hydrogen-bond donors (Lipinski definition) is 1. The second kappa shape index (κ2) is 4.91. The van der Waals surface area contributed by atoms with Gasteiger partial charge in [-0.15, -0.1) is 0 Å². The van der Waals surface area contributed by atoms with Crippen LogP contribution in [0.5, 0.6) is 11.5 Å². The summed E-state index contributed by atoms with van der Waals surface area (Å²) in [5.74, 6) is 1.95. The molecule has 84 valence electrons. The van der Waals surface area contributed by atoms with Crippen LogP contribution in [0.3, 0.4) is 0 Å². The maximum Gasteiger partial charge on any atom is 0.125 e. The van der Waals surface area contributed by atoms with Crippen LogP contribution in [-0.2, 0) is 0 Å². The predicted molar refractivity (Wildman–Crippen MR) is 62.3 cm³/mol. The Bertz CT molecular complexity index is 323. The second-order valence-electron chi connectivity index (χ2n) is 4.01. The van der Waals surface area contributed by atoms with Gasteiger partial charge >= 0.3 is 0 Å². The van der Waals surface area contributed by atoms with E-state index in [0.29, 0.717) is 11.6 Å². The summed E-state index contributed by atoms with van der Waals surface area (Å²) in [5.41, 5.74) is 6.38. The molecule has 1 aromatic rings. The molecule has 0 aliphatic heterocycles. The van der Waals surface area contributed by atoms with E-state index in [4.69, 9.17) is 15.2 Å². The maximum atomic E-state index is 5.74. The van der Waals surface area contributed by atoms with E-state index >= 15 is 0 Å². The molecular weight excluding hydrogens is 190 g/mol. The van der Waals surface area contributed by atoms with E-state index in [2.05, 4.69) is 13.8 Å². The molecule has 0 bridgehead atoms. The van der Waals surface area contributed by atoms with E-state index in [1.807, 2.05) is 13.0 Å². The zero-order valence-corrected chi connectivity index (χ0v) is 9.78. The summed E-state index contributed by atoms with van der Waals surface area (Å²) < 4.78 is 10.9. The van der Waals surface area contributed by atoms with Gasteiger partial charge in [0.15, 0.2) is 0 Å². The van der Waals surface area contributed by atoms with Gasteiger partial charge in [-0.25, -0.2) is 0 Å². The van der Waals surface area contributed by atoms with Crippen molar-refractivity contribution in [2.75, 3.05) is 12.8 Å². The highest BCUT2D eigenvalue weighted by Gasteiger charge is 2.09. The smallest absolute Gasteiger partial charge is 0.125 e. The van der Waals surface area contributed by atoms with Crippen molar-refractivity contribution in [2.45, 2.75) is 26.9 Å². The average molecular weight is 209 g/mol. The molecule has 0 amide bonds. The summed E-state index contributed by atoms with van der Waals surface area (Å²) in [6.07, 6.45) is 0.163. The lowest BCUT2D eigenvalue weighted by molar-refractivity contribution is 0.170. The molecule has 0 fully saturated rings. The summed E-state index contributed by atoms with van der Waals surface area (Å²) in [4.78, 5) is 0. The molecule has 1 unspecified atom stereocenters. The van der Waals surface area contributed by atoms with Gasteiger partial charge in [-0.3, -0.25) is 0 Å². The Morgan fingerprint density at radius 3 is 2.20 bits per heavy atom. The third kappa shape index (κ3) is 3.35. The van der Waals surface area contributed by atoms with Crippen molar-refractivity contribution in [3.8, 4) is 11.5 Å². The molecule has 0 aliphatic rings. The molecule has 1 aromatic carbocycles. The molecule has 0 radical (unpaired) electrons. The largest absolute Gasteiger partial charge is 0.497 e. The summed E-state index contributed by atoms with van der Waals surface area (Å²) in [7, 11) is 1.62. The van der Waals surface area contributed by atoms with Gasteiger partial charge in [0.05, 0.1) is 13.2 Å². The van der Waals surface area contributed by atoms with Gasteiger partial charge in [-0.1, -0.05) is 13.8 Å². The lowest BCUT2D eigenvalue weighted by Crippen LogP contribution is -2.18. The number of nitrogens with two attached hydrogens (primary N) is 1. The monoisotopic (exact) mass is 209 g/mol. The fourth-order valence-electron chi connectivity index (χ4n) is 1.13. The maximum absolute atomic E-state index is 5.74. The standard InChI is InChI=1S/C12H19NO2/c1-8(2)9(3)15-12-6-10(13)5-11(7-12)14-4/h5-9H,13H2,1-4H3. The number of methoxy groups -OCH3 is 1. The molecule has 2 N–H and O–H groups in total. The number of nitrogen functional groups attached to an aromatic ring is 1. The van der Waals surface area contributed by atoms with E-state index in [1.165, 1.54) is 0 Å². The molecule has 0 aromatic heterocycles. The van der Waals surface area contributed by atoms with Crippen LogP contribution >= 0.6 is 0 Å². The van der Waals surface area contributed by atoms with Crippen LogP contribution in [0.4, 0.5) is 5.69 Å². The molecule has 1 atom stereocenters. The summed E-state index contributed by atoms with van der Waals surface area (Å²) in [6, 6.07) is 5.42. The third-order valence-electron chi connectivity index (χ3n) is 2.40. The predicted octanol–water partition coefficient (Wildman–Crippen LogP) is 2.70. The first-order chi connectivity index (χ1) is 7.02. The fraction of sp³-hybridized carbons (Fsp3) is 0.500. The highest BCUT2D eigenvalue weighted by Crippen LogP contribution is 2.25. The molecule has 0 heterocycles. The molecule has 15 heavy (non-hydrogen) atoms. The van der Waals surface area contributed by atoms with Crippen molar-refractivity contribution in [3.63, 3.8) is 0 Å². The Labute approximate surface area is 91.2 Å². The van der Waals surface area contributed by atoms with Crippen molar-refractivity contribution in [1.29, 1.82) is 0 Å². The summed E-state index contributed by atoms with van der Waals surface area (Å²) in [6.45, 7) is 6.28. The van der Waals surface area contributed by atoms with Crippen LogP contribution < -0.4 is 15.2 Å². The number of rotatable bonds is 4. The Morgan fingerprint density at radius 1 is 1.07 bits per heavy atom. The Morgan fingerprint density at radius 2 is 1.67 bits per heavy atom. The molecule has 0 spiro atoms. The van der Waals surface area contributed by atoms with Crippen LogP contribution in [-0.4, -0.2) is 13.2 Å².